The highest BCUT2D eigenvalue weighted by Gasteiger charge is 2.45. The predicted octanol–water partition coefficient (Wildman–Crippen LogP) is 5.67. The van der Waals surface area contributed by atoms with E-state index in [1.54, 1.807) is 12.1 Å². The topological polar surface area (TPSA) is 90.7 Å². The fourth-order valence-corrected chi connectivity index (χ4v) is 5.43. The van der Waals surface area contributed by atoms with Crippen molar-refractivity contribution >= 4 is 38.4 Å². The molecule has 0 saturated heterocycles. The molecule has 1 aliphatic rings. The summed E-state index contributed by atoms with van der Waals surface area (Å²) in [5.41, 5.74) is 3.58. The van der Waals surface area contributed by atoms with Gasteiger partial charge < -0.3 is 10.2 Å². The van der Waals surface area contributed by atoms with Gasteiger partial charge in [0.2, 0.25) is 0 Å². The number of aryl methyl sites for hydroxylation is 2. The fraction of sp³-hybridized carbons (Fsp3) is 0.179. The number of fused-ring (bicyclic) bond motifs is 1. The van der Waals surface area contributed by atoms with Gasteiger partial charge in [-0.25, -0.2) is 4.98 Å². The molecule has 1 amide bonds. The minimum absolute atomic E-state index is 0.0603. The zero-order chi connectivity index (χ0) is 24.5. The van der Waals surface area contributed by atoms with Crippen LogP contribution in [0.2, 0.25) is 0 Å². The van der Waals surface area contributed by atoms with Crippen molar-refractivity contribution < 1.29 is 19.8 Å². The molecule has 0 aliphatic carbocycles. The normalized spacial score (nSPS) is 15.9. The van der Waals surface area contributed by atoms with Crippen molar-refractivity contribution in [2.45, 2.75) is 32.2 Å². The molecule has 0 radical (unpaired) electrons. The van der Waals surface area contributed by atoms with Crippen LogP contribution in [-0.2, 0) is 22.4 Å². The minimum atomic E-state index is -0.836. The van der Waals surface area contributed by atoms with Crippen molar-refractivity contribution in [2.24, 2.45) is 0 Å². The first kappa shape index (κ1) is 22.8. The lowest BCUT2D eigenvalue weighted by Gasteiger charge is -2.24. The van der Waals surface area contributed by atoms with Gasteiger partial charge in [0.25, 0.3) is 5.91 Å². The number of nitrogens with zero attached hydrogens (tertiary/aromatic N) is 2. The third kappa shape index (κ3) is 4.31. The molecule has 0 bridgehead atoms. The first-order chi connectivity index (χ1) is 17.0. The average Bonchev–Trinajstić information content (AvgIpc) is 3.41. The van der Waals surface area contributed by atoms with Crippen LogP contribution in [0.5, 0.6) is 5.75 Å². The maximum Gasteiger partial charge on any atom is 0.296 e. The molecule has 1 unspecified atom stereocenters. The highest BCUT2D eigenvalue weighted by Crippen LogP contribution is 2.44. The summed E-state index contributed by atoms with van der Waals surface area (Å²) in [6, 6.07) is 21.1. The highest BCUT2D eigenvalue weighted by atomic mass is 32.1. The van der Waals surface area contributed by atoms with Crippen LogP contribution in [0.4, 0.5) is 5.13 Å². The van der Waals surface area contributed by atoms with Crippen molar-refractivity contribution in [3.8, 4) is 5.75 Å². The van der Waals surface area contributed by atoms with E-state index in [9.17, 15) is 19.8 Å². The summed E-state index contributed by atoms with van der Waals surface area (Å²) in [6.07, 6.45) is 1.52. The summed E-state index contributed by atoms with van der Waals surface area (Å²) in [5, 5.41) is 21.1. The monoisotopic (exact) mass is 484 g/mol. The van der Waals surface area contributed by atoms with E-state index >= 15 is 0 Å². The van der Waals surface area contributed by atoms with Gasteiger partial charge in [0, 0.05) is 6.42 Å². The van der Waals surface area contributed by atoms with Crippen molar-refractivity contribution in [2.75, 3.05) is 4.90 Å². The molecule has 176 valence electrons. The molecule has 0 spiro atoms. The lowest BCUT2D eigenvalue weighted by molar-refractivity contribution is -0.118. The Kier molecular flexibility index (Phi) is 6.09. The Bertz CT molecular complexity index is 1440. The molecule has 2 N–H and O–H groups in total. The van der Waals surface area contributed by atoms with E-state index < -0.39 is 17.7 Å². The van der Waals surface area contributed by atoms with Crippen molar-refractivity contribution in [3.63, 3.8) is 0 Å². The van der Waals surface area contributed by atoms with E-state index in [1.807, 2.05) is 48.5 Å². The first-order valence-corrected chi connectivity index (χ1v) is 12.3. The molecule has 2 heterocycles. The maximum absolute atomic E-state index is 13.4. The second-order valence-corrected chi connectivity index (χ2v) is 9.50. The van der Waals surface area contributed by atoms with E-state index in [0.717, 1.165) is 27.8 Å². The van der Waals surface area contributed by atoms with Crippen LogP contribution in [0.25, 0.3) is 10.2 Å². The molecular formula is C28H24N2O4S. The van der Waals surface area contributed by atoms with E-state index in [4.69, 9.17) is 0 Å². The first-order valence-electron chi connectivity index (χ1n) is 11.5. The van der Waals surface area contributed by atoms with E-state index in [1.165, 1.54) is 28.4 Å². The summed E-state index contributed by atoms with van der Waals surface area (Å²) in [6.45, 7) is 2.07. The second-order valence-electron chi connectivity index (χ2n) is 8.49. The van der Waals surface area contributed by atoms with Crippen molar-refractivity contribution in [1.82, 2.24) is 4.98 Å². The summed E-state index contributed by atoms with van der Waals surface area (Å²) in [4.78, 5) is 32.8. The highest BCUT2D eigenvalue weighted by molar-refractivity contribution is 7.22. The molecule has 1 aromatic heterocycles. The van der Waals surface area contributed by atoms with Gasteiger partial charge in [-0.1, -0.05) is 66.8 Å². The quantitative estimate of drug-likeness (QED) is 0.353. The summed E-state index contributed by atoms with van der Waals surface area (Å²) < 4.78 is 0.931. The molecule has 3 aromatic carbocycles. The summed E-state index contributed by atoms with van der Waals surface area (Å²) >= 11 is 1.35. The standard InChI is InChI=1S/C28H24N2O4S/c1-2-17-8-14-21-23(16-17)35-28(29-21)30-25(19-10-12-20(31)13-11-19)24(26(33)27(30)34)22(32)15-9-18-6-4-3-5-7-18/h3-8,10-14,16,25,31,33H,2,9,15H2,1H3. The maximum atomic E-state index is 13.4. The fourth-order valence-electron chi connectivity index (χ4n) is 4.38. The number of phenols is 1. The number of aliphatic hydroxyl groups excluding tert-OH is 1. The smallest absolute Gasteiger partial charge is 0.296 e. The van der Waals surface area contributed by atoms with E-state index in [2.05, 4.69) is 11.9 Å². The number of Topliss-reactive ketones (excluding diaryl/α,β-unsaturated/α-hetero) is 1. The Morgan fingerprint density at radius 2 is 1.74 bits per heavy atom. The number of carbonyl (C=O) groups excluding carboxylic acids is 2. The number of hydrogen-bond acceptors (Lipinski definition) is 6. The number of rotatable bonds is 7. The Balaban J connectivity index is 1.55. The van der Waals surface area contributed by atoms with Crippen molar-refractivity contribution in [3.05, 3.63) is 101 Å². The van der Waals surface area contributed by atoms with Gasteiger partial charge in [0.1, 0.15) is 5.75 Å². The van der Waals surface area contributed by atoms with Gasteiger partial charge in [0.15, 0.2) is 16.7 Å². The number of carbonyl (C=O) groups is 2. The number of phenolic OH excluding ortho intramolecular Hbond substituents is 1. The second kappa shape index (κ2) is 9.35. The van der Waals surface area contributed by atoms with Gasteiger partial charge in [0.05, 0.1) is 21.8 Å². The minimum Gasteiger partial charge on any atom is -0.508 e. The molecular weight excluding hydrogens is 460 g/mol. The van der Waals surface area contributed by atoms with Crippen LogP contribution >= 0.6 is 11.3 Å². The summed E-state index contributed by atoms with van der Waals surface area (Å²) in [7, 11) is 0. The Morgan fingerprint density at radius 3 is 2.46 bits per heavy atom. The van der Waals surface area contributed by atoms with Gasteiger partial charge in [-0.05, 0) is 53.8 Å². The molecule has 35 heavy (non-hydrogen) atoms. The third-order valence-corrected chi connectivity index (χ3v) is 7.27. The van der Waals surface area contributed by atoms with Crippen LogP contribution < -0.4 is 4.90 Å². The summed E-state index contributed by atoms with van der Waals surface area (Å²) in [5.74, 6) is -1.42. The number of aliphatic hydroxyl groups is 1. The van der Waals surface area contributed by atoms with E-state index in [0.29, 0.717) is 17.1 Å². The van der Waals surface area contributed by atoms with Crippen molar-refractivity contribution in [1.29, 1.82) is 0 Å². The number of amides is 1. The molecule has 0 saturated carbocycles. The van der Waals surface area contributed by atoms with Crippen LogP contribution in [0.1, 0.15) is 36.1 Å². The number of benzene rings is 3. The molecule has 1 aliphatic heterocycles. The predicted molar refractivity (Wildman–Crippen MR) is 137 cm³/mol. The number of aromatic nitrogens is 1. The molecule has 6 nitrogen and oxygen atoms in total. The number of thiazole rings is 1. The third-order valence-electron chi connectivity index (χ3n) is 6.26. The van der Waals surface area contributed by atoms with Gasteiger partial charge in [-0.15, -0.1) is 0 Å². The van der Waals surface area contributed by atoms with Crippen LogP contribution in [0.3, 0.4) is 0 Å². The van der Waals surface area contributed by atoms with E-state index in [-0.39, 0.29) is 23.5 Å². The molecule has 4 aromatic rings. The van der Waals surface area contributed by atoms with Gasteiger partial charge in [-0.3, -0.25) is 14.5 Å². The Hall–Kier alpha value is -3.97. The number of aromatic hydroxyl groups is 1. The van der Waals surface area contributed by atoms with Gasteiger partial charge >= 0.3 is 0 Å². The molecule has 7 heteroatoms. The SMILES string of the molecule is CCc1ccc2nc(N3C(=O)C(O)=C(C(=O)CCc4ccccc4)C3c3ccc(O)cc3)sc2c1. The zero-order valence-corrected chi connectivity index (χ0v) is 20.0. The van der Waals surface area contributed by atoms with Crippen LogP contribution in [-0.4, -0.2) is 26.9 Å². The average molecular weight is 485 g/mol. The lowest BCUT2D eigenvalue weighted by atomic mass is 9.93. The lowest BCUT2D eigenvalue weighted by Crippen LogP contribution is -2.31. The Morgan fingerprint density at radius 1 is 1.00 bits per heavy atom. The number of anilines is 1. The number of ketones is 1. The molecule has 0 fully saturated rings. The van der Waals surface area contributed by atoms with Crippen LogP contribution in [0, 0.1) is 0 Å². The Labute approximate surface area is 206 Å². The van der Waals surface area contributed by atoms with Crippen LogP contribution in [0.15, 0.2) is 84.1 Å². The number of hydrogen-bond donors (Lipinski definition) is 2. The molecule has 1 atom stereocenters. The largest absolute Gasteiger partial charge is 0.508 e. The van der Waals surface area contributed by atoms with Gasteiger partial charge in [-0.2, -0.15) is 0 Å². The molecule has 5 rings (SSSR count). The zero-order valence-electron chi connectivity index (χ0n) is 19.1.